The lowest BCUT2D eigenvalue weighted by atomic mass is 10.0. The summed E-state index contributed by atoms with van der Waals surface area (Å²) in [6.07, 6.45) is 0.481. The van der Waals surface area contributed by atoms with Gasteiger partial charge >= 0.3 is 5.51 Å². The molecule has 1 amide bonds. The number of fused-ring (bicyclic) bond motifs is 1. The Balaban J connectivity index is 1.23. The number of hydrogen-bond acceptors (Lipinski definition) is 11. The molecule has 0 radical (unpaired) electrons. The highest BCUT2D eigenvalue weighted by atomic mass is 32.2. The van der Waals surface area contributed by atoms with Gasteiger partial charge in [0.15, 0.2) is 0 Å². The largest absolute Gasteiger partial charge is 0.501 e. The minimum absolute atomic E-state index is 0.00629. The molecule has 276 valence electrons. The highest BCUT2D eigenvalue weighted by Gasteiger charge is 2.48. The lowest BCUT2D eigenvalue weighted by Crippen LogP contribution is -2.43. The van der Waals surface area contributed by atoms with Crippen LogP contribution in [0.3, 0.4) is 0 Å². The fourth-order valence-electron chi connectivity index (χ4n) is 6.56. The zero-order valence-corrected chi connectivity index (χ0v) is 30.1. The number of likely N-dealkylation sites (tertiary alicyclic amines) is 1. The third kappa shape index (κ3) is 9.00. The second kappa shape index (κ2) is 15.7. The van der Waals surface area contributed by atoms with Crippen molar-refractivity contribution in [3.8, 4) is 0 Å². The molecule has 17 heteroatoms. The van der Waals surface area contributed by atoms with Crippen LogP contribution in [0.15, 0.2) is 87.5 Å². The molecule has 3 fully saturated rings. The number of benzene rings is 3. The smallest absolute Gasteiger partial charge is 0.381 e. The number of piperazine rings is 1. The van der Waals surface area contributed by atoms with E-state index in [1.165, 1.54) is 23.9 Å². The second-order valence-electron chi connectivity index (χ2n) is 12.9. The Labute approximate surface area is 300 Å². The van der Waals surface area contributed by atoms with E-state index in [-0.39, 0.29) is 11.3 Å². The zero-order chi connectivity index (χ0) is 36.2. The number of carbonyl (C=O) groups is 1. The van der Waals surface area contributed by atoms with Crippen molar-refractivity contribution in [2.45, 2.75) is 32.7 Å². The predicted octanol–water partition coefficient (Wildman–Crippen LogP) is 4.05. The van der Waals surface area contributed by atoms with Gasteiger partial charge in [0.05, 0.1) is 23.8 Å². The first-order valence-corrected chi connectivity index (χ1v) is 20.6. The number of sulfonamides is 1. The number of alkyl halides is 3. The van der Waals surface area contributed by atoms with E-state index in [1.807, 2.05) is 35.1 Å². The van der Waals surface area contributed by atoms with Gasteiger partial charge in [-0.3, -0.25) is 4.79 Å². The molecule has 3 aromatic rings. The highest BCUT2D eigenvalue weighted by Crippen LogP contribution is 2.37. The molecule has 3 saturated heterocycles. The van der Waals surface area contributed by atoms with Crippen molar-refractivity contribution in [2.75, 3.05) is 75.0 Å². The van der Waals surface area contributed by atoms with Crippen molar-refractivity contribution in [1.82, 2.24) is 14.9 Å². The SMILES string of the molecule is O=C(NS(=O)(=O)c1ccc(N[C@H](CCN2CC3COCC3C2)CSc2ccccc2)c(S(=O)(=O)C(F)(F)F)c1)c1ccc(N2CCNCC2)cc1. The first-order chi connectivity index (χ1) is 24.3. The van der Waals surface area contributed by atoms with Crippen LogP contribution in [-0.4, -0.2) is 104 Å². The van der Waals surface area contributed by atoms with E-state index in [2.05, 4.69) is 20.4 Å². The molecule has 0 spiro atoms. The van der Waals surface area contributed by atoms with Gasteiger partial charge in [-0.2, -0.15) is 13.2 Å². The summed E-state index contributed by atoms with van der Waals surface area (Å²) in [7, 11) is -10.8. The number of anilines is 2. The minimum Gasteiger partial charge on any atom is -0.381 e. The van der Waals surface area contributed by atoms with Crippen LogP contribution in [0.25, 0.3) is 0 Å². The van der Waals surface area contributed by atoms with Crippen LogP contribution in [-0.2, 0) is 24.6 Å². The van der Waals surface area contributed by atoms with Gasteiger partial charge in [-0.05, 0) is 61.0 Å². The summed E-state index contributed by atoms with van der Waals surface area (Å²) in [5, 5.41) is 6.25. The molecule has 3 atom stereocenters. The number of nitrogens with zero attached hydrogens (tertiary/aromatic N) is 2. The molecule has 3 heterocycles. The van der Waals surface area contributed by atoms with E-state index in [1.54, 1.807) is 12.1 Å². The van der Waals surface area contributed by atoms with E-state index < -0.39 is 47.1 Å². The van der Waals surface area contributed by atoms with Crippen LogP contribution in [0.4, 0.5) is 24.5 Å². The number of ether oxygens (including phenoxy) is 1. The summed E-state index contributed by atoms with van der Waals surface area (Å²) < 4.78 is 102. The Morgan fingerprint density at radius 2 is 1.61 bits per heavy atom. The van der Waals surface area contributed by atoms with Crippen molar-refractivity contribution >= 4 is 48.9 Å². The van der Waals surface area contributed by atoms with Crippen molar-refractivity contribution in [2.24, 2.45) is 11.8 Å². The normalized spacial score (nSPS) is 20.6. The van der Waals surface area contributed by atoms with Gasteiger partial charge in [0.1, 0.15) is 4.90 Å². The van der Waals surface area contributed by atoms with Crippen LogP contribution in [0.5, 0.6) is 0 Å². The summed E-state index contributed by atoms with van der Waals surface area (Å²) in [6, 6.07) is 17.6. The molecule has 2 unspecified atom stereocenters. The van der Waals surface area contributed by atoms with Gasteiger partial charge in [-0.1, -0.05) is 18.2 Å². The molecule has 3 aliphatic heterocycles. The van der Waals surface area contributed by atoms with E-state index in [4.69, 9.17) is 4.74 Å². The monoisotopic (exact) mass is 767 g/mol. The molecular weight excluding hydrogens is 728 g/mol. The van der Waals surface area contributed by atoms with Crippen molar-refractivity contribution in [3.05, 3.63) is 78.4 Å². The zero-order valence-electron chi connectivity index (χ0n) is 27.6. The Bertz CT molecular complexity index is 1880. The van der Waals surface area contributed by atoms with E-state index in [9.17, 15) is 34.8 Å². The fourth-order valence-corrected chi connectivity index (χ4v) is 9.57. The summed E-state index contributed by atoms with van der Waals surface area (Å²) in [6.45, 7) is 6.81. The van der Waals surface area contributed by atoms with E-state index in [0.717, 1.165) is 62.0 Å². The van der Waals surface area contributed by atoms with Crippen molar-refractivity contribution in [3.63, 3.8) is 0 Å². The van der Waals surface area contributed by atoms with Crippen LogP contribution in [0, 0.1) is 11.8 Å². The van der Waals surface area contributed by atoms with Gasteiger partial charge in [0, 0.05) is 85.6 Å². The van der Waals surface area contributed by atoms with Gasteiger partial charge in [-0.25, -0.2) is 21.6 Å². The average molecular weight is 768 g/mol. The molecule has 0 saturated carbocycles. The first-order valence-electron chi connectivity index (χ1n) is 16.6. The quantitative estimate of drug-likeness (QED) is 0.218. The fraction of sp³-hybridized carbons (Fsp3) is 0.441. The molecule has 51 heavy (non-hydrogen) atoms. The summed E-state index contributed by atoms with van der Waals surface area (Å²) in [5.41, 5.74) is -5.25. The van der Waals surface area contributed by atoms with Crippen LogP contribution < -0.4 is 20.3 Å². The van der Waals surface area contributed by atoms with Crippen molar-refractivity contribution in [1.29, 1.82) is 0 Å². The molecule has 3 aromatic carbocycles. The number of hydrogen-bond donors (Lipinski definition) is 3. The van der Waals surface area contributed by atoms with E-state index in [0.29, 0.717) is 49.8 Å². The van der Waals surface area contributed by atoms with Gasteiger partial charge in [0.25, 0.3) is 25.8 Å². The topological polar surface area (TPSA) is 137 Å². The molecular formula is C34H40F3N5O6S3. The molecule has 0 aromatic heterocycles. The molecule has 6 rings (SSSR count). The number of rotatable bonds is 13. The predicted molar refractivity (Wildman–Crippen MR) is 189 cm³/mol. The standard InChI is InChI=1S/C34H40F3N5O6S3/c35-34(36,37)50(44,45)32-18-30(51(46,47)40-33(43)24-6-8-28(9-7-24)42-16-13-38-14-17-42)10-11-31(32)39-27(23-49-29-4-2-1-3-5-29)12-15-41-19-25-21-48-22-26(25)20-41/h1-11,18,25-27,38-39H,12-17,19-23H2,(H,40,43)/t25?,26?,27-/m1/s1. The molecule has 11 nitrogen and oxygen atoms in total. The number of thioether (sulfide) groups is 1. The third-order valence-electron chi connectivity index (χ3n) is 9.36. The number of carbonyl (C=O) groups excluding carboxylic acids is 1. The number of sulfone groups is 1. The summed E-state index contributed by atoms with van der Waals surface area (Å²) >= 11 is 1.47. The number of amides is 1. The first kappa shape index (κ1) is 37.4. The lowest BCUT2D eigenvalue weighted by Gasteiger charge is -2.29. The minimum atomic E-state index is -6.02. The summed E-state index contributed by atoms with van der Waals surface area (Å²) in [5.74, 6) is 0.249. The van der Waals surface area contributed by atoms with Gasteiger partial charge < -0.3 is 25.2 Å². The Morgan fingerprint density at radius 1 is 0.941 bits per heavy atom. The average Bonchev–Trinajstić information content (AvgIpc) is 3.72. The highest BCUT2D eigenvalue weighted by molar-refractivity contribution is 7.99. The summed E-state index contributed by atoms with van der Waals surface area (Å²) in [4.78, 5) is 16.2. The maximum Gasteiger partial charge on any atom is 0.501 e. The molecule has 3 aliphatic rings. The second-order valence-corrected chi connectivity index (χ2v) is 17.6. The van der Waals surface area contributed by atoms with Crippen LogP contribution in [0.1, 0.15) is 16.8 Å². The van der Waals surface area contributed by atoms with Gasteiger partial charge in [0.2, 0.25) is 0 Å². The van der Waals surface area contributed by atoms with Crippen molar-refractivity contribution < 1.29 is 39.5 Å². The lowest BCUT2D eigenvalue weighted by molar-refractivity contribution is -0.0435. The Morgan fingerprint density at radius 3 is 2.25 bits per heavy atom. The number of halogens is 3. The Hall–Kier alpha value is -3.35. The third-order valence-corrected chi connectivity index (χ3v) is 13.4. The molecule has 3 N–H and O–H groups in total. The Kier molecular flexibility index (Phi) is 11.5. The number of nitrogens with one attached hydrogen (secondary N) is 3. The van der Waals surface area contributed by atoms with Crippen LogP contribution >= 0.6 is 11.8 Å². The maximum absolute atomic E-state index is 14.0. The van der Waals surface area contributed by atoms with E-state index >= 15 is 0 Å². The van der Waals surface area contributed by atoms with Crippen LogP contribution in [0.2, 0.25) is 0 Å². The maximum atomic E-state index is 14.0. The molecule has 0 bridgehead atoms. The van der Waals surface area contributed by atoms with Gasteiger partial charge in [-0.15, -0.1) is 11.8 Å². The molecule has 0 aliphatic carbocycles.